The Balaban J connectivity index is 1.61. The van der Waals surface area contributed by atoms with Crippen molar-refractivity contribution < 1.29 is 17.9 Å². The monoisotopic (exact) mass is 438 g/mol. The maximum absolute atomic E-state index is 12.6. The van der Waals surface area contributed by atoms with Crippen molar-refractivity contribution in [1.29, 1.82) is 0 Å². The fourth-order valence-electron chi connectivity index (χ4n) is 2.89. The van der Waals surface area contributed by atoms with E-state index in [9.17, 15) is 13.2 Å². The molecule has 10 heteroatoms. The number of nitrogens with one attached hydrogen (secondary N) is 4. The Hall–Kier alpha value is -2.33. The van der Waals surface area contributed by atoms with Gasteiger partial charge in [0, 0.05) is 22.8 Å². The van der Waals surface area contributed by atoms with Gasteiger partial charge in [0.05, 0.1) is 6.61 Å². The molecule has 156 valence electrons. The van der Waals surface area contributed by atoms with E-state index in [4.69, 9.17) is 16.3 Å². The fraction of sp³-hybridized carbons (Fsp3) is 0.316. The van der Waals surface area contributed by atoms with E-state index in [0.29, 0.717) is 28.8 Å². The first-order chi connectivity index (χ1) is 13.8. The summed E-state index contributed by atoms with van der Waals surface area (Å²) in [5.74, 6) is 0.311. The SMILES string of the molecule is CCOc1ccc(NS(=O)(=O)C2CC(C(=O)Nc3cccc(Cl)c3C)NN2)cc1. The van der Waals surface area contributed by atoms with Gasteiger partial charge in [0.25, 0.3) is 0 Å². The molecule has 2 aromatic rings. The number of hydrogen-bond acceptors (Lipinski definition) is 6. The van der Waals surface area contributed by atoms with Crippen molar-refractivity contribution in [3.05, 3.63) is 53.1 Å². The second kappa shape index (κ2) is 9.00. The van der Waals surface area contributed by atoms with Gasteiger partial charge in [0.1, 0.15) is 17.2 Å². The van der Waals surface area contributed by atoms with Gasteiger partial charge in [-0.3, -0.25) is 9.52 Å². The number of ether oxygens (including phenoxy) is 1. The number of carbonyl (C=O) groups excluding carboxylic acids is 1. The molecule has 1 saturated heterocycles. The van der Waals surface area contributed by atoms with Crippen LogP contribution in [0.5, 0.6) is 5.75 Å². The van der Waals surface area contributed by atoms with E-state index in [2.05, 4.69) is 20.9 Å². The normalized spacial score (nSPS) is 19.0. The van der Waals surface area contributed by atoms with Crippen LogP contribution < -0.4 is 25.6 Å². The average Bonchev–Trinajstić information content (AvgIpc) is 3.18. The molecular weight excluding hydrogens is 416 g/mol. The highest BCUT2D eigenvalue weighted by molar-refractivity contribution is 7.93. The molecule has 1 amide bonds. The number of halogens is 1. The highest BCUT2D eigenvalue weighted by Crippen LogP contribution is 2.24. The van der Waals surface area contributed by atoms with Crippen molar-refractivity contribution in [2.75, 3.05) is 16.6 Å². The quantitative estimate of drug-likeness (QED) is 0.529. The molecule has 0 bridgehead atoms. The van der Waals surface area contributed by atoms with Gasteiger partial charge in [-0.2, -0.15) is 0 Å². The van der Waals surface area contributed by atoms with Crippen LogP contribution in [-0.4, -0.2) is 32.3 Å². The average molecular weight is 439 g/mol. The van der Waals surface area contributed by atoms with Gasteiger partial charge in [-0.15, -0.1) is 0 Å². The summed E-state index contributed by atoms with van der Waals surface area (Å²) in [6.45, 7) is 4.20. The lowest BCUT2D eigenvalue weighted by Crippen LogP contribution is -2.42. The Kier molecular flexibility index (Phi) is 6.63. The van der Waals surface area contributed by atoms with Gasteiger partial charge in [-0.1, -0.05) is 17.7 Å². The highest BCUT2D eigenvalue weighted by Gasteiger charge is 2.37. The maximum Gasteiger partial charge on any atom is 0.250 e. The van der Waals surface area contributed by atoms with Crippen LogP contribution in [0.2, 0.25) is 5.02 Å². The van der Waals surface area contributed by atoms with Crippen molar-refractivity contribution >= 4 is 38.9 Å². The summed E-state index contributed by atoms with van der Waals surface area (Å²) in [6.07, 6.45) is 0.0673. The lowest BCUT2D eigenvalue weighted by Gasteiger charge is -2.14. The van der Waals surface area contributed by atoms with Crippen LogP contribution in [0.3, 0.4) is 0 Å². The summed E-state index contributed by atoms with van der Waals surface area (Å²) in [5, 5.41) is 2.35. The van der Waals surface area contributed by atoms with Crippen molar-refractivity contribution in [3.63, 3.8) is 0 Å². The van der Waals surface area contributed by atoms with E-state index in [1.165, 1.54) is 0 Å². The van der Waals surface area contributed by atoms with Crippen LogP contribution in [0.1, 0.15) is 18.9 Å². The van der Waals surface area contributed by atoms with E-state index >= 15 is 0 Å². The molecule has 2 atom stereocenters. The Morgan fingerprint density at radius 1 is 1.21 bits per heavy atom. The third kappa shape index (κ3) is 5.18. The summed E-state index contributed by atoms with van der Waals surface area (Å²) in [7, 11) is -3.76. The molecule has 29 heavy (non-hydrogen) atoms. The predicted molar refractivity (Wildman–Crippen MR) is 113 cm³/mol. The number of anilines is 2. The zero-order valence-corrected chi connectivity index (χ0v) is 17.6. The molecule has 4 N–H and O–H groups in total. The van der Waals surface area contributed by atoms with Crippen molar-refractivity contribution in [1.82, 2.24) is 10.9 Å². The van der Waals surface area contributed by atoms with E-state index in [1.54, 1.807) is 49.4 Å². The molecule has 1 heterocycles. The lowest BCUT2D eigenvalue weighted by atomic mass is 10.1. The molecule has 0 aliphatic carbocycles. The highest BCUT2D eigenvalue weighted by atomic mass is 35.5. The van der Waals surface area contributed by atoms with Crippen LogP contribution in [0.25, 0.3) is 0 Å². The van der Waals surface area contributed by atoms with Crippen LogP contribution in [0.15, 0.2) is 42.5 Å². The molecule has 3 rings (SSSR count). The molecular formula is C19H23ClN4O4S. The number of carbonyl (C=O) groups is 1. The van der Waals surface area contributed by atoms with E-state index in [0.717, 1.165) is 5.56 Å². The van der Waals surface area contributed by atoms with Crippen molar-refractivity contribution in [2.45, 2.75) is 31.7 Å². The zero-order valence-electron chi connectivity index (χ0n) is 16.0. The topological polar surface area (TPSA) is 109 Å². The van der Waals surface area contributed by atoms with Crippen LogP contribution in [0, 0.1) is 6.92 Å². The number of sulfonamides is 1. The molecule has 1 fully saturated rings. The van der Waals surface area contributed by atoms with Gasteiger partial charge >= 0.3 is 0 Å². The second-order valence-electron chi connectivity index (χ2n) is 6.57. The summed E-state index contributed by atoms with van der Waals surface area (Å²) in [5.41, 5.74) is 7.17. The summed E-state index contributed by atoms with van der Waals surface area (Å²) >= 11 is 6.07. The first kappa shape index (κ1) is 21.4. The minimum atomic E-state index is -3.76. The molecule has 2 aromatic carbocycles. The summed E-state index contributed by atoms with van der Waals surface area (Å²) in [4.78, 5) is 12.5. The van der Waals surface area contributed by atoms with E-state index in [-0.39, 0.29) is 12.3 Å². The third-order valence-corrected chi connectivity index (χ3v) is 6.50. The molecule has 0 radical (unpaired) electrons. The molecule has 0 saturated carbocycles. The Morgan fingerprint density at radius 3 is 2.62 bits per heavy atom. The minimum absolute atomic E-state index is 0.0673. The predicted octanol–water partition coefficient (Wildman–Crippen LogP) is 2.62. The van der Waals surface area contributed by atoms with Gasteiger partial charge < -0.3 is 10.1 Å². The Labute approximate surface area is 175 Å². The molecule has 1 aliphatic heterocycles. The Morgan fingerprint density at radius 2 is 1.93 bits per heavy atom. The fourth-order valence-corrected chi connectivity index (χ4v) is 4.34. The number of hydrogen-bond donors (Lipinski definition) is 4. The number of hydrazine groups is 1. The van der Waals surface area contributed by atoms with Crippen LogP contribution in [-0.2, 0) is 14.8 Å². The standard InChI is InChI=1S/C19H23ClN4O4S/c1-3-28-14-9-7-13(8-10-14)24-29(26,27)18-11-17(22-23-18)19(25)21-16-6-4-5-15(20)12(16)2/h4-10,17-18,22-24H,3,11H2,1-2H3,(H,21,25). The molecule has 1 aliphatic rings. The minimum Gasteiger partial charge on any atom is -0.494 e. The smallest absolute Gasteiger partial charge is 0.250 e. The Bertz CT molecular complexity index is 982. The van der Waals surface area contributed by atoms with Gasteiger partial charge in [0.2, 0.25) is 15.9 Å². The molecule has 8 nitrogen and oxygen atoms in total. The zero-order chi connectivity index (χ0) is 21.0. The molecule has 0 aromatic heterocycles. The van der Waals surface area contributed by atoms with Gasteiger partial charge in [0.15, 0.2) is 0 Å². The van der Waals surface area contributed by atoms with Crippen molar-refractivity contribution in [3.8, 4) is 5.75 Å². The summed E-state index contributed by atoms with van der Waals surface area (Å²) in [6, 6.07) is 11.1. The van der Waals surface area contributed by atoms with E-state index in [1.807, 2.05) is 6.92 Å². The van der Waals surface area contributed by atoms with Crippen LogP contribution in [0.4, 0.5) is 11.4 Å². The maximum atomic E-state index is 12.6. The molecule has 0 spiro atoms. The van der Waals surface area contributed by atoms with Gasteiger partial charge in [-0.05, 0) is 55.8 Å². The number of rotatable bonds is 7. The molecule has 2 unspecified atom stereocenters. The number of amides is 1. The third-order valence-electron chi connectivity index (χ3n) is 4.51. The largest absolute Gasteiger partial charge is 0.494 e. The van der Waals surface area contributed by atoms with Crippen molar-refractivity contribution in [2.24, 2.45) is 0 Å². The summed E-state index contributed by atoms with van der Waals surface area (Å²) < 4.78 is 33.2. The van der Waals surface area contributed by atoms with Gasteiger partial charge in [-0.25, -0.2) is 19.3 Å². The lowest BCUT2D eigenvalue weighted by molar-refractivity contribution is -0.117. The first-order valence-corrected chi connectivity index (χ1v) is 11.0. The van der Waals surface area contributed by atoms with Crippen LogP contribution >= 0.6 is 11.6 Å². The second-order valence-corrected chi connectivity index (χ2v) is 8.84. The first-order valence-electron chi connectivity index (χ1n) is 9.11. The van der Waals surface area contributed by atoms with E-state index < -0.39 is 21.4 Å². The number of benzene rings is 2.